The molecule has 1 unspecified atom stereocenters. The fourth-order valence-corrected chi connectivity index (χ4v) is 3.61. The van der Waals surface area contributed by atoms with Crippen molar-refractivity contribution in [2.45, 2.75) is 77.4 Å². The molecule has 1 fully saturated rings. The molecule has 3 atom stereocenters. The molecule has 31 heavy (non-hydrogen) atoms. The number of nitrogens with two attached hydrogens (primary N) is 1. The number of benzene rings is 1. The molecule has 1 aliphatic carbocycles. The smallest absolute Gasteiger partial charge is 0.491 e. The van der Waals surface area contributed by atoms with Crippen molar-refractivity contribution in [3.63, 3.8) is 0 Å². The van der Waals surface area contributed by atoms with Crippen molar-refractivity contribution >= 4 is 11.9 Å². The standard InChI is InChI=1S/C23H32F3NO4/c1-13(2)17-8-5-9-18(15(4)16-10-11-16)20(17)30-12-6-7-14(3)19(27)21(28)31-22(29)23(24,25)26/h5,8-9,13-16,19H,6-7,10-12,27H2,1-4H3/t14?,15-,19+/m1/s1. The Labute approximate surface area is 181 Å². The highest BCUT2D eigenvalue weighted by atomic mass is 19.4. The number of carbonyl (C=O) groups is 2. The number of ether oxygens (including phenoxy) is 2. The first kappa shape index (κ1) is 25.2. The van der Waals surface area contributed by atoms with Gasteiger partial charge in [-0.3, -0.25) is 0 Å². The number of hydrogen-bond acceptors (Lipinski definition) is 5. The lowest BCUT2D eigenvalue weighted by Gasteiger charge is -2.22. The van der Waals surface area contributed by atoms with Gasteiger partial charge in [0, 0.05) is 0 Å². The lowest BCUT2D eigenvalue weighted by atomic mass is 9.90. The molecule has 0 spiro atoms. The van der Waals surface area contributed by atoms with Crippen LogP contribution in [0, 0.1) is 11.8 Å². The van der Waals surface area contributed by atoms with E-state index in [1.807, 2.05) is 0 Å². The van der Waals surface area contributed by atoms with Gasteiger partial charge in [0.2, 0.25) is 0 Å². The number of hydrogen-bond donors (Lipinski definition) is 1. The molecule has 0 saturated heterocycles. The Morgan fingerprint density at radius 2 is 1.74 bits per heavy atom. The summed E-state index contributed by atoms with van der Waals surface area (Å²) in [5, 5.41) is 0. The zero-order valence-electron chi connectivity index (χ0n) is 18.5. The highest BCUT2D eigenvalue weighted by molar-refractivity contribution is 5.90. The third-order valence-electron chi connectivity index (χ3n) is 5.88. The molecular weight excluding hydrogens is 411 g/mol. The predicted octanol–water partition coefficient (Wildman–Crippen LogP) is 5.08. The normalized spacial score (nSPS) is 17.2. The minimum atomic E-state index is -5.23. The van der Waals surface area contributed by atoms with Gasteiger partial charge in [-0.2, -0.15) is 13.2 Å². The van der Waals surface area contributed by atoms with Crippen LogP contribution in [0.4, 0.5) is 13.2 Å². The summed E-state index contributed by atoms with van der Waals surface area (Å²) >= 11 is 0. The van der Waals surface area contributed by atoms with Crippen LogP contribution in [0.1, 0.15) is 76.3 Å². The number of esters is 2. The van der Waals surface area contributed by atoms with Crippen LogP contribution in [0.25, 0.3) is 0 Å². The molecule has 5 nitrogen and oxygen atoms in total. The average molecular weight is 444 g/mol. The largest absolute Gasteiger partial charge is 0.493 e. The van der Waals surface area contributed by atoms with Gasteiger partial charge in [0.15, 0.2) is 0 Å². The highest BCUT2D eigenvalue weighted by Crippen LogP contribution is 2.46. The first-order chi connectivity index (χ1) is 14.4. The van der Waals surface area contributed by atoms with E-state index in [2.05, 4.69) is 43.7 Å². The van der Waals surface area contributed by atoms with Crippen molar-refractivity contribution in [3.8, 4) is 5.75 Å². The predicted molar refractivity (Wildman–Crippen MR) is 111 cm³/mol. The first-order valence-corrected chi connectivity index (χ1v) is 10.8. The molecule has 174 valence electrons. The molecule has 2 rings (SSSR count). The molecule has 1 saturated carbocycles. The summed E-state index contributed by atoms with van der Waals surface area (Å²) < 4.78 is 46.7. The minimum Gasteiger partial charge on any atom is -0.493 e. The van der Waals surface area contributed by atoms with Crippen molar-refractivity contribution in [2.75, 3.05) is 6.61 Å². The number of alkyl halides is 3. The Hall–Kier alpha value is -2.09. The quantitative estimate of drug-likeness (QED) is 0.310. The molecule has 0 bridgehead atoms. The molecule has 2 N–H and O–H groups in total. The summed E-state index contributed by atoms with van der Waals surface area (Å²) in [6.07, 6.45) is -1.78. The van der Waals surface area contributed by atoms with Crippen LogP contribution in [-0.2, 0) is 14.3 Å². The van der Waals surface area contributed by atoms with E-state index >= 15 is 0 Å². The van der Waals surface area contributed by atoms with Crippen molar-refractivity contribution in [3.05, 3.63) is 29.3 Å². The number of para-hydroxylation sites is 1. The Kier molecular flexibility index (Phi) is 8.51. The van der Waals surface area contributed by atoms with Crippen LogP contribution < -0.4 is 10.5 Å². The fraction of sp³-hybridized carbons (Fsp3) is 0.652. The van der Waals surface area contributed by atoms with Gasteiger partial charge in [0.25, 0.3) is 0 Å². The SMILES string of the molecule is CC(C)c1cccc([C@H](C)C2CC2)c1OCCCC(C)[C@H](N)C(=O)OC(=O)C(F)(F)F. The molecule has 0 aliphatic heterocycles. The molecule has 1 aliphatic rings. The van der Waals surface area contributed by atoms with E-state index in [4.69, 9.17) is 10.5 Å². The maximum Gasteiger partial charge on any atom is 0.491 e. The number of halogens is 3. The molecule has 1 aromatic carbocycles. The Balaban J connectivity index is 1.92. The fourth-order valence-electron chi connectivity index (χ4n) is 3.61. The van der Waals surface area contributed by atoms with E-state index in [1.165, 1.54) is 18.4 Å². The Bertz CT molecular complexity index is 775. The molecular formula is C23H32F3NO4. The van der Waals surface area contributed by atoms with E-state index in [-0.39, 0.29) is 0 Å². The van der Waals surface area contributed by atoms with E-state index in [0.717, 1.165) is 11.3 Å². The van der Waals surface area contributed by atoms with Crippen LogP contribution in [0.15, 0.2) is 18.2 Å². The van der Waals surface area contributed by atoms with Gasteiger partial charge in [0.1, 0.15) is 11.8 Å². The van der Waals surface area contributed by atoms with Gasteiger partial charge in [0.05, 0.1) is 6.61 Å². The number of rotatable bonds is 10. The van der Waals surface area contributed by atoms with Crippen LogP contribution in [0.5, 0.6) is 5.75 Å². The molecule has 0 amide bonds. The summed E-state index contributed by atoms with van der Waals surface area (Å²) in [6.45, 7) is 8.47. The molecule has 0 radical (unpaired) electrons. The third-order valence-corrected chi connectivity index (χ3v) is 5.88. The van der Waals surface area contributed by atoms with Crippen molar-refractivity contribution in [1.82, 2.24) is 0 Å². The molecule has 0 heterocycles. The monoisotopic (exact) mass is 443 g/mol. The summed E-state index contributed by atoms with van der Waals surface area (Å²) in [4.78, 5) is 22.5. The minimum absolute atomic E-state index is 0.301. The molecule has 0 aromatic heterocycles. The zero-order valence-corrected chi connectivity index (χ0v) is 18.5. The van der Waals surface area contributed by atoms with Gasteiger partial charge in [-0.1, -0.05) is 45.9 Å². The van der Waals surface area contributed by atoms with Gasteiger partial charge >= 0.3 is 18.1 Å². The summed E-state index contributed by atoms with van der Waals surface area (Å²) in [5.41, 5.74) is 8.02. The second-order valence-corrected chi connectivity index (χ2v) is 8.75. The van der Waals surface area contributed by atoms with Gasteiger partial charge in [-0.15, -0.1) is 0 Å². The van der Waals surface area contributed by atoms with Crippen LogP contribution >= 0.6 is 0 Å². The van der Waals surface area contributed by atoms with Crippen molar-refractivity contribution < 1.29 is 32.2 Å². The second kappa shape index (κ2) is 10.5. The number of carbonyl (C=O) groups excluding carboxylic acids is 2. The maximum atomic E-state index is 12.2. The lowest BCUT2D eigenvalue weighted by molar-refractivity contribution is -0.202. The lowest BCUT2D eigenvalue weighted by Crippen LogP contribution is -2.41. The topological polar surface area (TPSA) is 78.6 Å². The van der Waals surface area contributed by atoms with Crippen LogP contribution in [0.3, 0.4) is 0 Å². The third kappa shape index (κ3) is 6.95. The first-order valence-electron chi connectivity index (χ1n) is 10.8. The summed E-state index contributed by atoms with van der Waals surface area (Å²) in [6, 6.07) is 4.91. The van der Waals surface area contributed by atoms with Gasteiger partial charge < -0.3 is 15.2 Å². The Morgan fingerprint density at radius 1 is 1.13 bits per heavy atom. The van der Waals surface area contributed by atoms with Gasteiger partial charge in [-0.05, 0) is 60.5 Å². The van der Waals surface area contributed by atoms with Crippen LogP contribution in [-0.4, -0.2) is 30.8 Å². The Morgan fingerprint density at radius 3 is 2.29 bits per heavy atom. The van der Waals surface area contributed by atoms with Crippen molar-refractivity contribution in [1.29, 1.82) is 0 Å². The maximum absolute atomic E-state index is 12.2. The van der Waals surface area contributed by atoms with Gasteiger partial charge in [-0.25, -0.2) is 9.59 Å². The zero-order chi connectivity index (χ0) is 23.3. The second-order valence-electron chi connectivity index (χ2n) is 8.75. The van der Waals surface area contributed by atoms with E-state index < -0.39 is 30.1 Å². The van der Waals surface area contributed by atoms with E-state index in [1.54, 1.807) is 6.92 Å². The van der Waals surface area contributed by atoms with E-state index in [9.17, 15) is 22.8 Å². The van der Waals surface area contributed by atoms with Crippen molar-refractivity contribution in [2.24, 2.45) is 17.6 Å². The summed E-state index contributed by atoms with van der Waals surface area (Å²) in [5.74, 6) is -2.08. The van der Waals surface area contributed by atoms with E-state index in [0.29, 0.717) is 37.2 Å². The highest BCUT2D eigenvalue weighted by Gasteiger charge is 2.43. The molecule has 8 heteroatoms. The summed E-state index contributed by atoms with van der Waals surface area (Å²) in [7, 11) is 0. The molecule has 1 aromatic rings. The average Bonchev–Trinajstić information content (AvgIpc) is 3.54. The van der Waals surface area contributed by atoms with Crippen LogP contribution in [0.2, 0.25) is 0 Å².